The Kier molecular flexibility index (Phi) is 8.33. The standard InChI is InChI=1S/C21H33ClN4OS/c1-23-20(24-16-21(28-2)9-13-27-14-10-21)25-19-7-11-26(12-8-19)15-17-3-5-18(22)6-4-17/h3-6,19H,7-16H2,1-2H3,(H2,23,24,25). The number of ether oxygens (including phenoxy) is 1. The molecule has 2 heterocycles. The highest BCUT2D eigenvalue weighted by Crippen LogP contribution is 2.32. The molecule has 7 heteroatoms. The number of hydrogen-bond acceptors (Lipinski definition) is 4. The molecule has 3 rings (SSSR count). The number of nitrogens with zero attached hydrogens (tertiary/aromatic N) is 2. The van der Waals surface area contributed by atoms with E-state index in [9.17, 15) is 0 Å². The van der Waals surface area contributed by atoms with Crippen LogP contribution in [-0.4, -0.2) is 67.8 Å². The van der Waals surface area contributed by atoms with Crippen molar-refractivity contribution in [2.75, 3.05) is 46.2 Å². The molecule has 0 spiro atoms. The van der Waals surface area contributed by atoms with Gasteiger partial charge in [0.15, 0.2) is 5.96 Å². The maximum atomic E-state index is 5.98. The highest BCUT2D eigenvalue weighted by atomic mass is 35.5. The Labute approximate surface area is 178 Å². The Bertz CT molecular complexity index is 626. The fraction of sp³-hybridized carbons (Fsp3) is 0.667. The van der Waals surface area contributed by atoms with Gasteiger partial charge in [-0.2, -0.15) is 11.8 Å². The zero-order chi connectivity index (χ0) is 19.8. The number of benzene rings is 1. The monoisotopic (exact) mass is 424 g/mol. The molecule has 0 atom stereocenters. The molecule has 0 radical (unpaired) electrons. The highest BCUT2D eigenvalue weighted by molar-refractivity contribution is 8.00. The van der Waals surface area contributed by atoms with Gasteiger partial charge in [-0.1, -0.05) is 23.7 Å². The third-order valence-corrected chi connectivity index (χ3v) is 7.56. The number of hydrogen-bond donors (Lipinski definition) is 2. The average Bonchev–Trinajstić information content (AvgIpc) is 2.74. The van der Waals surface area contributed by atoms with Gasteiger partial charge < -0.3 is 15.4 Å². The summed E-state index contributed by atoms with van der Waals surface area (Å²) < 4.78 is 5.80. The molecule has 0 unspecified atom stereocenters. The lowest BCUT2D eigenvalue weighted by Gasteiger charge is -2.37. The van der Waals surface area contributed by atoms with E-state index in [0.29, 0.717) is 6.04 Å². The zero-order valence-electron chi connectivity index (χ0n) is 17.0. The average molecular weight is 425 g/mol. The molecule has 2 saturated heterocycles. The molecule has 0 amide bonds. The molecule has 1 aromatic carbocycles. The molecule has 2 aliphatic rings. The smallest absolute Gasteiger partial charge is 0.191 e. The summed E-state index contributed by atoms with van der Waals surface area (Å²) >= 11 is 7.94. The van der Waals surface area contributed by atoms with E-state index in [1.165, 1.54) is 5.56 Å². The Morgan fingerprint density at radius 2 is 1.93 bits per heavy atom. The van der Waals surface area contributed by atoms with Gasteiger partial charge in [-0.05, 0) is 49.6 Å². The first kappa shape index (κ1) is 21.8. The third kappa shape index (κ3) is 6.28. The highest BCUT2D eigenvalue weighted by Gasteiger charge is 2.32. The minimum absolute atomic E-state index is 0.262. The van der Waals surface area contributed by atoms with Crippen molar-refractivity contribution in [2.45, 2.75) is 43.0 Å². The molecular weight excluding hydrogens is 392 g/mol. The van der Waals surface area contributed by atoms with Crippen LogP contribution in [-0.2, 0) is 11.3 Å². The fourth-order valence-electron chi connectivity index (χ4n) is 3.91. The van der Waals surface area contributed by atoms with Crippen molar-refractivity contribution in [2.24, 2.45) is 4.99 Å². The van der Waals surface area contributed by atoms with E-state index in [1.807, 2.05) is 30.9 Å². The summed E-state index contributed by atoms with van der Waals surface area (Å²) in [6.07, 6.45) is 6.67. The predicted molar refractivity (Wildman–Crippen MR) is 121 cm³/mol. The number of piperidine rings is 1. The Hall–Kier alpha value is -0.950. The first-order chi connectivity index (χ1) is 13.6. The summed E-state index contributed by atoms with van der Waals surface area (Å²) in [6.45, 7) is 5.86. The number of thioether (sulfide) groups is 1. The van der Waals surface area contributed by atoms with E-state index in [2.05, 4.69) is 38.9 Å². The summed E-state index contributed by atoms with van der Waals surface area (Å²) in [5, 5.41) is 8.00. The molecule has 2 aliphatic heterocycles. The lowest BCUT2D eigenvalue weighted by Crippen LogP contribution is -2.52. The first-order valence-corrected chi connectivity index (χ1v) is 11.8. The Balaban J connectivity index is 1.41. The van der Waals surface area contributed by atoms with Crippen LogP contribution in [0.5, 0.6) is 0 Å². The quantitative estimate of drug-likeness (QED) is 0.541. The summed E-state index contributed by atoms with van der Waals surface area (Å²) in [6, 6.07) is 8.67. The van der Waals surface area contributed by atoms with E-state index in [0.717, 1.165) is 76.1 Å². The van der Waals surface area contributed by atoms with E-state index < -0.39 is 0 Å². The van der Waals surface area contributed by atoms with E-state index >= 15 is 0 Å². The minimum Gasteiger partial charge on any atom is -0.381 e. The van der Waals surface area contributed by atoms with Crippen molar-refractivity contribution in [1.82, 2.24) is 15.5 Å². The summed E-state index contributed by atoms with van der Waals surface area (Å²) in [5.74, 6) is 0.927. The number of guanidine groups is 1. The van der Waals surface area contributed by atoms with Gasteiger partial charge in [0, 0.05) is 62.3 Å². The molecule has 0 aliphatic carbocycles. The molecule has 2 fully saturated rings. The van der Waals surface area contributed by atoms with Gasteiger partial charge in [0.05, 0.1) is 0 Å². The predicted octanol–water partition coefficient (Wildman–Crippen LogP) is 3.38. The van der Waals surface area contributed by atoms with Crippen LogP contribution in [0.15, 0.2) is 29.3 Å². The Morgan fingerprint density at radius 1 is 1.25 bits per heavy atom. The molecule has 1 aromatic rings. The normalized spacial score (nSPS) is 21.5. The summed E-state index contributed by atoms with van der Waals surface area (Å²) in [7, 11) is 1.86. The van der Waals surface area contributed by atoms with Gasteiger partial charge in [-0.15, -0.1) is 0 Å². The van der Waals surface area contributed by atoms with Crippen molar-refractivity contribution >= 4 is 29.3 Å². The second-order valence-corrected chi connectivity index (χ2v) is 9.46. The summed E-state index contributed by atoms with van der Waals surface area (Å²) in [5.41, 5.74) is 1.33. The molecule has 5 nitrogen and oxygen atoms in total. The van der Waals surface area contributed by atoms with Gasteiger partial charge in [0.25, 0.3) is 0 Å². The van der Waals surface area contributed by atoms with Crippen molar-refractivity contribution < 1.29 is 4.74 Å². The van der Waals surface area contributed by atoms with Crippen LogP contribution in [0.2, 0.25) is 5.02 Å². The second kappa shape index (κ2) is 10.7. The molecule has 0 saturated carbocycles. The van der Waals surface area contributed by atoms with Crippen LogP contribution in [0.1, 0.15) is 31.2 Å². The molecule has 2 N–H and O–H groups in total. The molecule has 0 bridgehead atoms. The van der Waals surface area contributed by atoms with E-state index in [4.69, 9.17) is 16.3 Å². The maximum absolute atomic E-state index is 5.98. The maximum Gasteiger partial charge on any atom is 0.191 e. The van der Waals surface area contributed by atoms with E-state index in [-0.39, 0.29) is 4.75 Å². The molecule has 156 valence electrons. The molecule has 28 heavy (non-hydrogen) atoms. The van der Waals surface area contributed by atoms with Crippen LogP contribution < -0.4 is 10.6 Å². The lowest BCUT2D eigenvalue weighted by molar-refractivity contribution is 0.0782. The van der Waals surface area contributed by atoms with Crippen molar-refractivity contribution in [3.8, 4) is 0 Å². The minimum atomic E-state index is 0.262. The van der Waals surface area contributed by atoms with Crippen LogP contribution >= 0.6 is 23.4 Å². The SMILES string of the molecule is CN=C(NCC1(SC)CCOCC1)NC1CCN(Cc2ccc(Cl)cc2)CC1. The van der Waals surface area contributed by atoms with Crippen molar-refractivity contribution in [1.29, 1.82) is 0 Å². The van der Waals surface area contributed by atoms with Crippen molar-refractivity contribution in [3.63, 3.8) is 0 Å². The van der Waals surface area contributed by atoms with Crippen LogP contribution in [0.3, 0.4) is 0 Å². The Morgan fingerprint density at radius 3 is 2.54 bits per heavy atom. The lowest BCUT2D eigenvalue weighted by atomic mass is 9.99. The number of nitrogens with one attached hydrogen (secondary N) is 2. The molecule has 0 aromatic heterocycles. The topological polar surface area (TPSA) is 48.9 Å². The largest absolute Gasteiger partial charge is 0.381 e. The number of aliphatic imine (C=N–C) groups is 1. The van der Waals surface area contributed by atoms with Crippen LogP contribution in [0.4, 0.5) is 0 Å². The van der Waals surface area contributed by atoms with E-state index in [1.54, 1.807) is 0 Å². The number of rotatable bonds is 6. The van der Waals surface area contributed by atoms with Crippen LogP contribution in [0.25, 0.3) is 0 Å². The van der Waals surface area contributed by atoms with Gasteiger partial charge in [0.1, 0.15) is 0 Å². The van der Waals surface area contributed by atoms with Gasteiger partial charge in [-0.3, -0.25) is 9.89 Å². The number of halogens is 1. The summed E-state index contributed by atoms with van der Waals surface area (Å²) in [4.78, 5) is 6.97. The fourth-order valence-corrected chi connectivity index (χ4v) is 4.83. The first-order valence-electron chi connectivity index (χ1n) is 10.2. The van der Waals surface area contributed by atoms with Gasteiger partial charge >= 0.3 is 0 Å². The zero-order valence-corrected chi connectivity index (χ0v) is 18.6. The van der Waals surface area contributed by atoms with Gasteiger partial charge in [0.2, 0.25) is 0 Å². The van der Waals surface area contributed by atoms with Crippen LogP contribution in [0, 0.1) is 0 Å². The van der Waals surface area contributed by atoms with Gasteiger partial charge in [-0.25, -0.2) is 0 Å². The second-order valence-electron chi connectivity index (χ2n) is 7.75. The van der Waals surface area contributed by atoms with Crippen molar-refractivity contribution in [3.05, 3.63) is 34.9 Å². The third-order valence-electron chi connectivity index (χ3n) is 5.89. The number of likely N-dealkylation sites (tertiary alicyclic amines) is 1. The molecular formula is C21H33ClN4OS.